The van der Waals surface area contributed by atoms with Crippen molar-refractivity contribution in [1.29, 1.82) is 0 Å². The number of rotatable bonds is 6. The van der Waals surface area contributed by atoms with E-state index >= 15 is 0 Å². The number of carbonyl (C=O) groups excluding carboxylic acids is 1. The second-order valence-electron chi connectivity index (χ2n) is 4.38. The first-order valence-electron chi connectivity index (χ1n) is 6.23. The van der Waals surface area contributed by atoms with Gasteiger partial charge in [0.2, 0.25) is 5.91 Å². The number of carbonyl (C=O) groups is 2. The summed E-state index contributed by atoms with van der Waals surface area (Å²) in [6.07, 6.45) is 2.75. The van der Waals surface area contributed by atoms with Gasteiger partial charge in [-0.15, -0.1) is 0 Å². The number of carboxylic acids is 1. The SMILES string of the molecule is CCCOCCC(=O)N1CCC[C@@H](C(=O)O)C1. The molecule has 98 valence electrons. The standard InChI is InChI=1S/C12H21NO4/c1-2-7-17-8-5-11(14)13-6-3-4-10(9-13)12(15)16/h10H,2-9H2,1H3,(H,15,16)/t10-/m1/s1. The lowest BCUT2D eigenvalue weighted by atomic mass is 9.98. The average Bonchev–Trinajstić information content (AvgIpc) is 2.34. The van der Waals surface area contributed by atoms with Crippen LogP contribution in [0.4, 0.5) is 0 Å². The maximum absolute atomic E-state index is 11.8. The van der Waals surface area contributed by atoms with Gasteiger partial charge in [0.05, 0.1) is 18.9 Å². The predicted octanol–water partition coefficient (Wildman–Crippen LogP) is 1.13. The lowest BCUT2D eigenvalue weighted by Gasteiger charge is -2.30. The number of hydrogen-bond acceptors (Lipinski definition) is 3. The van der Waals surface area contributed by atoms with Gasteiger partial charge in [0.25, 0.3) is 0 Å². The van der Waals surface area contributed by atoms with E-state index in [0.29, 0.717) is 39.1 Å². The summed E-state index contributed by atoms with van der Waals surface area (Å²) in [5.74, 6) is -1.19. The van der Waals surface area contributed by atoms with Gasteiger partial charge in [-0.2, -0.15) is 0 Å². The minimum Gasteiger partial charge on any atom is -0.481 e. The molecule has 0 aromatic rings. The van der Waals surface area contributed by atoms with Crippen LogP contribution in [0.25, 0.3) is 0 Å². The highest BCUT2D eigenvalue weighted by molar-refractivity contribution is 5.78. The van der Waals surface area contributed by atoms with Crippen molar-refractivity contribution in [3.8, 4) is 0 Å². The summed E-state index contributed by atoms with van der Waals surface area (Å²) in [6.45, 7) is 4.15. The van der Waals surface area contributed by atoms with Gasteiger partial charge < -0.3 is 14.7 Å². The second kappa shape index (κ2) is 7.27. The first kappa shape index (κ1) is 14.0. The number of carboxylic acid groups (broad SMARTS) is 1. The van der Waals surface area contributed by atoms with Crippen LogP contribution in [0.2, 0.25) is 0 Å². The maximum Gasteiger partial charge on any atom is 0.308 e. The van der Waals surface area contributed by atoms with Crippen molar-refractivity contribution in [3.05, 3.63) is 0 Å². The van der Waals surface area contributed by atoms with Crippen LogP contribution in [-0.4, -0.2) is 48.2 Å². The average molecular weight is 243 g/mol. The molecule has 1 saturated heterocycles. The van der Waals surface area contributed by atoms with Gasteiger partial charge in [0.1, 0.15) is 0 Å². The number of ether oxygens (including phenoxy) is 1. The Morgan fingerprint density at radius 3 is 2.82 bits per heavy atom. The Kier molecular flexibility index (Phi) is 5.97. The van der Waals surface area contributed by atoms with E-state index in [1.165, 1.54) is 0 Å². The largest absolute Gasteiger partial charge is 0.481 e. The van der Waals surface area contributed by atoms with Crippen LogP contribution in [0.5, 0.6) is 0 Å². The van der Waals surface area contributed by atoms with Crippen LogP contribution in [0.15, 0.2) is 0 Å². The zero-order valence-corrected chi connectivity index (χ0v) is 10.4. The molecule has 1 amide bonds. The van der Waals surface area contributed by atoms with Crippen LogP contribution >= 0.6 is 0 Å². The molecule has 0 bridgehead atoms. The van der Waals surface area contributed by atoms with Gasteiger partial charge in [-0.3, -0.25) is 9.59 Å². The lowest BCUT2D eigenvalue weighted by Crippen LogP contribution is -2.42. The fraction of sp³-hybridized carbons (Fsp3) is 0.833. The van der Waals surface area contributed by atoms with Gasteiger partial charge in [0.15, 0.2) is 0 Å². The molecule has 1 rings (SSSR count). The van der Waals surface area contributed by atoms with Gasteiger partial charge >= 0.3 is 5.97 Å². The molecule has 5 nitrogen and oxygen atoms in total. The summed E-state index contributed by atoms with van der Waals surface area (Å²) in [6, 6.07) is 0. The Hall–Kier alpha value is -1.10. The van der Waals surface area contributed by atoms with Gasteiger partial charge in [-0.05, 0) is 19.3 Å². The summed E-state index contributed by atoms with van der Waals surface area (Å²) < 4.78 is 5.25. The minimum absolute atomic E-state index is 0.00653. The molecule has 1 heterocycles. The van der Waals surface area contributed by atoms with Crippen molar-refractivity contribution in [3.63, 3.8) is 0 Å². The smallest absolute Gasteiger partial charge is 0.308 e. The van der Waals surface area contributed by atoms with Gasteiger partial charge in [-0.1, -0.05) is 6.92 Å². The number of aliphatic carboxylic acids is 1. The van der Waals surface area contributed by atoms with Crippen molar-refractivity contribution in [2.45, 2.75) is 32.6 Å². The molecular weight excluding hydrogens is 222 g/mol. The molecule has 0 saturated carbocycles. The third-order valence-corrected chi connectivity index (χ3v) is 2.93. The van der Waals surface area contributed by atoms with Crippen LogP contribution in [0, 0.1) is 5.92 Å². The Morgan fingerprint density at radius 2 is 2.18 bits per heavy atom. The highest BCUT2D eigenvalue weighted by atomic mass is 16.5. The molecular formula is C12H21NO4. The van der Waals surface area contributed by atoms with Crippen molar-refractivity contribution < 1.29 is 19.4 Å². The number of amides is 1. The van der Waals surface area contributed by atoms with Crippen molar-refractivity contribution in [2.75, 3.05) is 26.3 Å². The maximum atomic E-state index is 11.8. The van der Waals surface area contributed by atoms with Crippen LogP contribution in [0.3, 0.4) is 0 Å². The lowest BCUT2D eigenvalue weighted by molar-refractivity contribution is -0.145. The molecule has 0 aliphatic carbocycles. The monoisotopic (exact) mass is 243 g/mol. The summed E-state index contributed by atoms with van der Waals surface area (Å²) in [7, 11) is 0. The van der Waals surface area contributed by atoms with Crippen LogP contribution in [-0.2, 0) is 14.3 Å². The summed E-state index contributed by atoms with van der Waals surface area (Å²) in [4.78, 5) is 24.3. The van der Waals surface area contributed by atoms with E-state index in [9.17, 15) is 9.59 Å². The molecule has 0 aromatic carbocycles. The first-order valence-corrected chi connectivity index (χ1v) is 6.23. The van der Waals surface area contributed by atoms with E-state index < -0.39 is 11.9 Å². The molecule has 0 radical (unpaired) electrons. The molecule has 0 aromatic heterocycles. The normalized spacial score (nSPS) is 20.3. The van der Waals surface area contributed by atoms with Crippen molar-refractivity contribution in [1.82, 2.24) is 4.90 Å². The number of nitrogens with zero attached hydrogens (tertiary/aromatic N) is 1. The zero-order chi connectivity index (χ0) is 12.7. The molecule has 1 aliphatic rings. The van der Waals surface area contributed by atoms with E-state index in [-0.39, 0.29) is 5.91 Å². The Morgan fingerprint density at radius 1 is 1.41 bits per heavy atom. The third-order valence-electron chi connectivity index (χ3n) is 2.93. The van der Waals surface area contributed by atoms with E-state index in [2.05, 4.69) is 0 Å². The fourth-order valence-corrected chi connectivity index (χ4v) is 1.97. The molecule has 0 unspecified atom stereocenters. The topological polar surface area (TPSA) is 66.8 Å². The highest BCUT2D eigenvalue weighted by Crippen LogP contribution is 2.17. The predicted molar refractivity (Wildman–Crippen MR) is 62.7 cm³/mol. The van der Waals surface area contributed by atoms with E-state index in [0.717, 1.165) is 12.8 Å². The Labute approximate surface area is 102 Å². The molecule has 1 N–H and O–H groups in total. The molecule has 0 spiro atoms. The molecule has 1 fully saturated rings. The quantitative estimate of drug-likeness (QED) is 0.710. The summed E-state index contributed by atoms with van der Waals surface area (Å²) in [5, 5.41) is 8.92. The number of likely N-dealkylation sites (tertiary alicyclic amines) is 1. The molecule has 1 atom stereocenters. The Bertz CT molecular complexity index is 267. The first-order chi connectivity index (χ1) is 8.15. The number of piperidine rings is 1. The molecule has 1 aliphatic heterocycles. The van der Waals surface area contributed by atoms with Crippen LogP contribution in [0.1, 0.15) is 32.6 Å². The minimum atomic E-state index is -0.801. The van der Waals surface area contributed by atoms with Gasteiger partial charge in [-0.25, -0.2) is 0 Å². The fourth-order valence-electron chi connectivity index (χ4n) is 1.97. The van der Waals surface area contributed by atoms with E-state index in [1.807, 2.05) is 6.92 Å². The third kappa shape index (κ3) is 4.73. The highest BCUT2D eigenvalue weighted by Gasteiger charge is 2.27. The molecule has 5 heteroatoms. The second-order valence-corrected chi connectivity index (χ2v) is 4.38. The van der Waals surface area contributed by atoms with E-state index in [4.69, 9.17) is 9.84 Å². The van der Waals surface area contributed by atoms with E-state index in [1.54, 1.807) is 4.90 Å². The van der Waals surface area contributed by atoms with Crippen LogP contribution < -0.4 is 0 Å². The Balaban J connectivity index is 2.28. The molecule has 17 heavy (non-hydrogen) atoms. The van der Waals surface area contributed by atoms with Gasteiger partial charge in [0, 0.05) is 19.7 Å². The van der Waals surface area contributed by atoms with Crippen molar-refractivity contribution in [2.24, 2.45) is 5.92 Å². The van der Waals surface area contributed by atoms with Crippen molar-refractivity contribution >= 4 is 11.9 Å². The summed E-state index contributed by atoms with van der Waals surface area (Å²) >= 11 is 0. The zero-order valence-electron chi connectivity index (χ0n) is 10.4. The summed E-state index contributed by atoms with van der Waals surface area (Å²) in [5.41, 5.74) is 0. The number of hydrogen-bond donors (Lipinski definition) is 1.